The van der Waals surface area contributed by atoms with Gasteiger partial charge in [-0.05, 0) is 6.42 Å². The lowest BCUT2D eigenvalue weighted by atomic mass is 10.2. The van der Waals surface area contributed by atoms with Gasteiger partial charge in [-0.25, -0.2) is 0 Å². The number of carboxylic acids is 1. The van der Waals surface area contributed by atoms with E-state index < -0.39 is 5.97 Å². The van der Waals surface area contributed by atoms with E-state index in [9.17, 15) is 4.79 Å². The van der Waals surface area contributed by atoms with Crippen molar-refractivity contribution in [3.8, 4) is 0 Å². The van der Waals surface area contributed by atoms with E-state index in [1.165, 1.54) is 0 Å². The summed E-state index contributed by atoms with van der Waals surface area (Å²) in [5.74, 6) is -0.738. The monoisotopic (exact) mass is 157 g/mol. The number of hydrogen-bond donors (Lipinski definition) is 1. The SMILES string of the molecule is O=C(O)CN1C[C@H]2C[C@H]1CO2. The highest BCUT2D eigenvalue weighted by atomic mass is 16.5. The third kappa shape index (κ3) is 1.23. The quantitative estimate of drug-likeness (QED) is 0.589. The molecule has 2 atom stereocenters. The second kappa shape index (κ2) is 2.46. The van der Waals surface area contributed by atoms with Crippen molar-refractivity contribution in [2.24, 2.45) is 0 Å². The summed E-state index contributed by atoms with van der Waals surface area (Å²) in [5, 5.41) is 8.52. The van der Waals surface area contributed by atoms with Crippen LogP contribution >= 0.6 is 0 Å². The predicted molar refractivity (Wildman–Crippen MR) is 37.4 cm³/mol. The molecule has 0 saturated carbocycles. The van der Waals surface area contributed by atoms with Gasteiger partial charge >= 0.3 is 5.97 Å². The first-order chi connectivity index (χ1) is 5.25. The zero-order chi connectivity index (χ0) is 7.84. The molecule has 0 unspecified atom stereocenters. The van der Waals surface area contributed by atoms with E-state index in [4.69, 9.17) is 9.84 Å². The van der Waals surface area contributed by atoms with E-state index >= 15 is 0 Å². The maximum absolute atomic E-state index is 10.3. The molecule has 2 aliphatic heterocycles. The molecular weight excluding hydrogens is 146 g/mol. The molecule has 0 aromatic heterocycles. The number of carboxylic acid groups (broad SMARTS) is 1. The van der Waals surface area contributed by atoms with E-state index in [0.29, 0.717) is 12.1 Å². The van der Waals surface area contributed by atoms with Gasteiger partial charge in [-0.1, -0.05) is 0 Å². The van der Waals surface area contributed by atoms with Crippen LogP contribution in [0.2, 0.25) is 0 Å². The molecule has 2 fully saturated rings. The number of rotatable bonds is 2. The highest BCUT2D eigenvalue weighted by Crippen LogP contribution is 2.26. The normalized spacial score (nSPS) is 36.4. The molecular formula is C7H11NO3. The number of fused-ring (bicyclic) bond motifs is 2. The average molecular weight is 157 g/mol. The lowest BCUT2D eigenvalue weighted by molar-refractivity contribution is -0.139. The zero-order valence-electron chi connectivity index (χ0n) is 6.19. The van der Waals surface area contributed by atoms with Crippen LogP contribution in [0.4, 0.5) is 0 Å². The van der Waals surface area contributed by atoms with E-state index in [0.717, 1.165) is 19.6 Å². The van der Waals surface area contributed by atoms with Crippen LogP contribution in [-0.4, -0.2) is 47.8 Å². The van der Waals surface area contributed by atoms with Gasteiger partial charge in [0, 0.05) is 12.6 Å². The maximum Gasteiger partial charge on any atom is 0.317 e. The van der Waals surface area contributed by atoms with Crippen molar-refractivity contribution in [3.63, 3.8) is 0 Å². The minimum absolute atomic E-state index is 0.171. The number of aliphatic carboxylic acids is 1. The molecule has 11 heavy (non-hydrogen) atoms. The summed E-state index contributed by atoms with van der Waals surface area (Å²) >= 11 is 0. The molecule has 2 heterocycles. The summed E-state index contributed by atoms with van der Waals surface area (Å²) in [6.45, 7) is 1.69. The van der Waals surface area contributed by atoms with Gasteiger partial charge in [0.15, 0.2) is 0 Å². The lowest BCUT2D eigenvalue weighted by Gasteiger charge is -2.24. The zero-order valence-corrected chi connectivity index (χ0v) is 6.19. The molecule has 0 aromatic carbocycles. The lowest BCUT2D eigenvalue weighted by Crippen LogP contribution is -2.40. The first-order valence-corrected chi connectivity index (χ1v) is 3.83. The number of morpholine rings is 1. The fourth-order valence-electron chi connectivity index (χ4n) is 1.85. The van der Waals surface area contributed by atoms with Crippen LogP contribution < -0.4 is 0 Å². The number of nitrogens with zero attached hydrogens (tertiary/aromatic N) is 1. The first kappa shape index (κ1) is 7.06. The van der Waals surface area contributed by atoms with Crippen molar-refractivity contribution < 1.29 is 14.6 Å². The van der Waals surface area contributed by atoms with E-state index in [2.05, 4.69) is 0 Å². The van der Waals surface area contributed by atoms with E-state index in [1.807, 2.05) is 4.90 Å². The Kier molecular flexibility index (Phi) is 1.58. The second-order valence-corrected chi connectivity index (χ2v) is 3.17. The van der Waals surface area contributed by atoms with Gasteiger partial charge in [0.05, 0.1) is 19.3 Å². The highest BCUT2D eigenvalue weighted by Gasteiger charge is 2.39. The van der Waals surface area contributed by atoms with Crippen molar-refractivity contribution in [3.05, 3.63) is 0 Å². The molecule has 0 spiro atoms. The summed E-state index contributed by atoms with van der Waals surface area (Å²) in [7, 11) is 0. The van der Waals surface area contributed by atoms with E-state index in [1.54, 1.807) is 0 Å². The minimum Gasteiger partial charge on any atom is -0.480 e. The van der Waals surface area contributed by atoms with Crippen molar-refractivity contribution in [1.82, 2.24) is 4.90 Å². The summed E-state index contributed by atoms with van der Waals surface area (Å²) < 4.78 is 5.33. The van der Waals surface area contributed by atoms with Crippen molar-refractivity contribution in [2.75, 3.05) is 19.7 Å². The average Bonchev–Trinajstić information content (AvgIpc) is 2.45. The molecule has 0 amide bonds. The Labute approximate surface area is 64.7 Å². The predicted octanol–water partition coefficient (Wildman–Crippen LogP) is -0.456. The van der Waals surface area contributed by atoms with Crippen molar-refractivity contribution >= 4 is 5.97 Å². The summed E-state index contributed by atoms with van der Waals surface area (Å²) in [6, 6.07) is 0.371. The molecule has 2 bridgehead atoms. The topological polar surface area (TPSA) is 49.8 Å². The third-order valence-corrected chi connectivity index (χ3v) is 2.35. The molecule has 2 saturated heterocycles. The fraction of sp³-hybridized carbons (Fsp3) is 0.857. The van der Waals surface area contributed by atoms with E-state index in [-0.39, 0.29) is 6.54 Å². The summed E-state index contributed by atoms with van der Waals surface area (Å²) in [6.07, 6.45) is 1.33. The van der Waals surface area contributed by atoms with Crippen molar-refractivity contribution in [1.29, 1.82) is 0 Å². The molecule has 4 heteroatoms. The maximum atomic E-state index is 10.3. The molecule has 0 radical (unpaired) electrons. The second-order valence-electron chi connectivity index (χ2n) is 3.17. The van der Waals surface area contributed by atoms with Gasteiger partial charge in [-0.2, -0.15) is 0 Å². The summed E-state index contributed by atoms with van der Waals surface area (Å²) in [5.41, 5.74) is 0. The molecule has 2 rings (SSSR count). The fourth-order valence-corrected chi connectivity index (χ4v) is 1.85. The standard InChI is InChI=1S/C7H11NO3/c9-7(10)3-8-2-6-1-5(8)4-11-6/h5-6H,1-4H2,(H,9,10)/t5-,6+/m0/s1. The van der Waals surface area contributed by atoms with Gasteiger partial charge in [0.2, 0.25) is 0 Å². The Hall–Kier alpha value is -0.610. The number of ether oxygens (including phenoxy) is 1. The largest absolute Gasteiger partial charge is 0.480 e. The van der Waals surface area contributed by atoms with Crippen molar-refractivity contribution in [2.45, 2.75) is 18.6 Å². The van der Waals surface area contributed by atoms with Crippen LogP contribution in [0.15, 0.2) is 0 Å². The van der Waals surface area contributed by atoms with Gasteiger partial charge in [-0.15, -0.1) is 0 Å². The Morgan fingerprint density at radius 3 is 3.00 bits per heavy atom. The number of carbonyl (C=O) groups is 1. The number of hydrogen-bond acceptors (Lipinski definition) is 3. The Morgan fingerprint density at radius 1 is 1.73 bits per heavy atom. The van der Waals surface area contributed by atoms with Crippen LogP contribution in [0.1, 0.15) is 6.42 Å². The van der Waals surface area contributed by atoms with Crippen LogP contribution in [0.3, 0.4) is 0 Å². The molecule has 0 aliphatic carbocycles. The van der Waals surface area contributed by atoms with Gasteiger partial charge in [-0.3, -0.25) is 9.69 Å². The van der Waals surface area contributed by atoms with Gasteiger partial charge < -0.3 is 9.84 Å². The smallest absolute Gasteiger partial charge is 0.317 e. The van der Waals surface area contributed by atoms with Gasteiger partial charge in [0.25, 0.3) is 0 Å². The molecule has 2 aliphatic rings. The molecule has 62 valence electrons. The molecule has 4 nitrogen and oxygen atoms in total. The Balaban J connectivity index is 1.92. The van der Waals surface area contributed by atoms with Crippen LogP contribution in [-0.2, 0) is 9.53 Å². The Bertz CT molecular complexity index is 183. The summed E-state index contributed by atoms with van der Waals surface area (Å²) in [4.78, 5) is 12.3. The van der Waals surface area contributed by atoms with Crippen LogP contribution in [0.25, 0.3) is 0 Å². The molecule has 1 N–H and O–H groups in total. The number of likely N-dealkylation sites (tertiary alicyclic amines) is 1. The minimum atomic E-state index is -0.738. The Morgan fingerprint density at radius 2 is 2.55 bits per heavy atom. The van der Waals surface area contributed by atoms with Crippen LogP contribution in [0.5, 0.6) is 0 Å². The first-order valence-electron chi connectivity index (χ1n) is 3.83. The van der Waals surface area contributed by atoms with Crippen LogP contribution in [0, 0.1) is 0 Å². The highest BCUT2D eigenvalue weighted by molar-refractivity contribution is 5.69. The molecule has 0 aromatic rings. The third-order valence-electron chi connectivity index (χ3n) is 2.35. The van der Waals surface area contributed by atoms with Gasteiger partial charge in [0.1, 0.15) is 0 Å².